The van der Waals surface area contributed by atoms with Gasteiger partial charge in [-0.2, -0.15) is 0 Å². The van der Waals surface area contributed by atoms with E-state index in [1.165, 1.54) is 6.33 Å². The number of ether oxygens (including phenoxy) is 1. The summed E-state index contributed by atoms with van der Waals surface area (Å²) in [4.78, 5) is 9.00. The minimum Gasteiger partial charge on any atom is -0.481 e. The van der Waals surface area contributed by atoms with E-state index in [0.29, 0.717) is 12.4 Å². The molecule has 0 saturated carbocycles. The molecular weight excluding hydrogens is 478 g/mol. The average molecular weight is 508 g/mol. The lowest BCUT2D eigenvalue weighted by Gasteiger charge is -2.04. The van der Waals surface area contributed by atoms with Gasteiger partial charge >= 0.3 is 0 Å². The maximum Gasteiger partial charge on any atom is 0.300 e. The van der Waals surface area contributed by atoms with Gasteiger partial charge in [0.05, 0.1) is 26.2 Å². The zero-order valence-corrected chi connectivity index (χ0v) is 20.1. The summed E-state index contributed by atoms with van der Waals surface area (Å²) in [5, 5.41) is 53.3. The van der Waals surface area contributed by atoms with Crippen LogP contribution in [0, 0.1) is 10.8 Å². The van der Waals surface area contributed by atoms with E-state index in [1.807, 2.05) is 31.2 Å². The maximum atomic E-state index is 9.00. The van der Waals surface area contributed by atoms with Crippen LogP contribution in [-0.2, 0) is 22.7 Å². The summed E-state index contributed by atoms with van der Waals surface area (Å²) in [6, 6.07) is 14.4. The van der Waals surface area contributed by atoms with E-state index in [0.717, 1.165) is 35.5 Å². The van der Waals surface area contributed by atoms with Gasteiger partial charge in [-0.1, -0.05) is 36.4 Å². The number of hydrogen-bond acceptors (Lipinski definition) is 10. The van der Waals surface area contributed by atoms with Crippen molar-refractivity contribution in [3.05, 3.63) is 71.5 Å². The number of carbonyl (C=O) groups is 1. The molecular formula is C22H30ClN7O5. The molecule has 3 aromatic rings. The molecule has 0 amide bonds. The van der Waals surface area contributed by atoms with Gasteiger partial charge in [-0.25, -0.2) is 0 Å². The number of aromatic nitrogens is 4. The quantitative estimate of drug-likeness (QED) is 0.218. The summed E-state index contributed by atoms with van der Waals surface area (Å²) >= 11 is 0. The number of aliphatic carboxylic acids is 1. The van der Waals surface area contributed by atoms with E-state index in [2.05, 4.69) is 26.1 Å². The fraction of sp³-hybridized carbons (Fsp3) is 0.227. The third-order valence-electron chi connectivity index (χ3n) is 3.49. The monoisotopic (exact) mass is 507 g/mol. The standard InChI is InChI=1S/C10H13NO2.C9H8N4O.C2H4O2.CH4N2.ClH/c1-2-13-10(11)9-5-3-8(7-12)4-6-9;14-5-7-1-3-8(4-2-7)9-12-10-6-11-13-9;1-2(3)4;2-1-3;/h3-6,11-12H,2,7H2,1H3;1-4,6,14H,5H2;1H3,(H,3,4);1H,(H3,2,3);1H. The third kappa shape index (κ3) is 15.5. The van der Waals surface area contributed by atoms with Crippen LogP contribution >= 0.6 is 12.4 Å². The maximum absolute atomic E-state index is 9.00. The first-order chi connectivity index (χ1) is 16.3. The molecule has 1 heterocycles. The summed E-state index contributed by atoms with van der Waals surface area (Å²) in [7, 11) is 0. The number of aliphatic hydroxyl groups is 2. The van der Waals surface area contributed by atoms with Crippen molar-refractivity contribution in [2.45, 2.75) is 27.1 Å². The van der Waals surface area contributed by atoms with E-state index in [9.17, 15) is 0 Å². The highest BCUT2D eigenvalue weighted by Gasteiger charge is 2.01. The van der Waals surface area contributed by atoms with Crippen molar-refractivity contribution in [2.75, 3.05) is 6.61 Å². The number of benzene rings is 2. The first-order valence-corrected chi connectivity index (χ1v) is 9.85. The number of nitrogens with one attached hydrogen (secondary N) is 2. The Morgan fingerprint density at radius 2 is 1.40 bits per heavy atom. The normalized spacial score (nSPS) is 8.69. The van der Waals surface area contributed by atoms with E-state index in [-0.39, 0.29) is 31.5 Å². The van der Waals surface area contributed by atoms with Gasteiger partial charge in [0.15, 0.2) is 6.33 Å². The van der Waals surface area contributed by atoms with Crippen LogP contribution in [0.25, 0.3) is 11.4 Å². The Hall–Kier alpha value is -4.00. The molecule has 0 fully saturated rings. The van der Waals surface area contributed by atoms with E-state index in [4.69, 9.17) is 35.7 Å². The van der Waals surface area contributed by atoms with Crippen LogP contribution in [0.3, 0.4) is 0 Å². The number of carboxylic acid groups (broad SMARTS) is 1. The van der Waals surface area contributed by atoms with Gasteiger partial charge in [0.2, 0.25) is 11.7 Å². The number of halogens is 1. The average Bonchev–Trinajstić information content (AvgIpc) is 2.85. The molecule has 0 atom stereocenters. The second kappa shape index (κ2) is 20.6. The number of carboxylic acids is 1. The van der Waals surface area contributed by atoms with E-state index in [1.54, 1.807) is 24.3 Å². The molecule has 1 aromatic heterocycles. The van der Waals surface area contributed by atoms with Crippen molar-refractivity contribution in [2.24, 2.45) is 5.73 Å². The SMILES string of the molecule is CC(=O)O.CCOC(=N)c1ccc(CO)cc1.Cl.N=CN.OCc1ccc(-c2nncnn2)cc1. The second-order valence-electron chi connectivity index (χ2n) is 6.03. The molecule has 12 nitrogen and oxygen atoms in total. The lowest BCUT2D eigenvalue weighted by atomic mass is 10.1. The van der Waals surface area contributed by atoms with Crippen molar-refractivity contribution >= 4 is 30.6 Å². The van der Waals surface area contributed by atoms with Crippen LogP contribution in [0.5, 0.6) is 0 Å². The Labute approximate surface area is 209 Å². The predicted molar refractivity (Wildman–Crippen MR) is 133 cm³/mol. The molecule has 0 bridgehead atoms. The van der Waals surface area contributed by atoms with Gasteiger partial charge in [0.1, 0.15) is 0 Å². The number of nitrogens with two attached hydrogens (primary N) is 1. The van der Waals surface area contributed by atoms with Crippen LogP contribution < -0.4 is 5.73 Å². The van der Waals surface area contributed by atoms with Gasteiger partial charge in [-0.05, 0) is 30.2 Å². The summed E-state index contributed by atoms with van der Waals surface area (Å²) in [6.45, 7) is 3.49. The molecule has 0 aliphatic heterocycles. The Kier molecular flexibility index (Phi) is 19.5. The molecule has 0 spiro atoms. The summed E-state index contributed by atoms with van der Waals surface area (Å²) < 4.78 is 5.02. The third-order valence-corrected chi connectivity index (χ3v) is 3.49. The van der Waals surface area contributed by atoms with E-state index < -0.39 is 5.97 Å². The highest BCUT2D eigenvalue weighted by molar-refractivity contribution is 5.91. The fourth-order valence-electron chi connectivity index (χ4n) is 2.07. The van der Waals surface area contributed by atoms with Crippen LogP contribution in [0.4, 0.5) is 0 Å². The van der Waals surface area contributed by atoms with Crippen LogP contribution in [-0.4, -0.2) is 60.5 Å². The Morgan fingerprint density at radius 1 is 1.00 bits per heavy atom. The first kappa shape index (κ1) is 33.2. The smallest absolute Gasteiger partial charge is 0.300 e. The Bertz CT molecular complexity index is 972. The summed E-state index contributed by atoms with van der Waals surface area (Å²) in [5.74, 6) is -0.177. The number of hydrogen-bond donors (Lipinski definition) is 6. The Balaban J connectivity index is 0. The zero-order chi connectivity index (χ0) is 25.8. The molecule has 13 heteroatoms. The number of aliphatic hydroxyl groups excluding tert-OH is 2. The zero-order valence-electron chi connectivity index (χ0n) is 19.3. The van der Waals surface area contributed by atoms with Crippen molar-refractivity contribution in [1.82, 2.24) is 20.4 Å². The minimum atomic E-state index is -0.833. The van der Waals surface area contributed by atoms with Crippen molar-refractivity contribution < 1.29 is 24.9 Å². The van der Waals surface area contributed by atoms with Crippen LogP contribution in [0.1, 0.15) is 30.5 Å². The van der Waals surface area contributed by atoms with Crippen LogP contribution in [0.15, 0.2) is 54.9 Å². The fourth-order valence-corrected chi connectivity index (χ4v) is 2.07. The predicted octanol–water partition coefficient (Wildman–Crippen LogP) is 2.03. The molecule has 7 N–H and O–H groups in total. The lowest BCUT2D eigenvalue weighted by Crippen LogP contribution is -2.04. The molecule has 2 aromatic carbocycles. The molecule has 35 heavy (non-hydrogen) atoms. The van der Waals surface area contributed by atoms with Gasteiger partial charge in [0.25, 0.3) is 5.97 Å². The summed E-state index contributed by atoms with van der Waals surface area (Å²) in [5.41, 5.74) is 7.65. The number of rotatable bonds is 5. The molecule has 0 radical (unpaired) electrons. The Morgan fingerprint density at radius 3 is 1.77 bits per heavy atom. The van der Waals surface area contributed by atoms with Gasteiger partial charge in [-0.3, -0.25) is 15.6 Å². The van der Waals surface area contributed by atoms with Crippen LogP contribution in [0.2, 0.25) is 0 Å². The first-order valence-electron chi connectivity index (χ1n) is 9.85. The molecule has 0 unspecified atom stereocenters. The van der Waals surface area contributed by atoms with Crippen molar-refractivity contribution in [3.8, 4) is 11.4 Å². The number of nitrogens with zero attached hydrogens (tertiary/aromatic N) is 4. The minimum absolute atomic E-state index is 0. The van der Waals surface area contributed by atoms with Gasteiger partial charge in [0, 0.05) is 18.1 Å². The molecule has 0 aliphatic rings. The topological polar surface area (TPSA) is 212 Å². The second-order valence-corrected chi connectivity index (χ2v) is 6.03. The van der Waals surface area contributed by atoms with Crippen molar-refractivity contribution in [3.63, 3.8) is 0 Å². The summed E-state index contributed by atoms with van der Waals surface area (Å²) in [6.07, 6.45) is 2.03. The van der Waals surface area contributed by atoms with Gasteiger partial charge in [-0.15, -0.1) is 32.8 Å². The molecule has 190 valence electrons. The molecule has 0 aliphatic carbocycles. The lowest BCUT2D eigenvalue weighted by molar-refractivity contribution is -0.134. The van der Waals surface area contributed by atoms with Gasteiger partial charge < -0.3 is 25.8 Å². The van der Waals surface area contributed by atoms with E-state index >= 15 is 0 Å². The van der Waals surface area contributed by atoms with Crippen molar-refractivity contribution in [1.29, 1.82) is 10.8 Å². The molecule has 0 saturated heterocycles. The highest BCUT2D eigenvalue weighted by atomic mass is 35.5. The highest BCUT2D eigenvalue weighted by Crippen LogP contribution is 2.13. The molecule has 3 rings (SSSR count). The largest absolute Gasteiger partial charge is 0.481 e.